The lowest BCUT2D eigenvalue weighted by Crippen LogP contribution is -2.45. The second-order valence-corrected chi connectivity index (χ2v) is 27.1. The highest BCUT2D eigenvalue weighted by Gasteiger charge is 2.20. The number of carbonyl (C=O) groups excluding carboxylic acids is 2. The van der Waals surface area contributed by atoms with Gasteiger partial charge >= 0.3 is 5.97 Å². The predicted octanol–water partition coefficient (Wildman–Crippen LogP) is 25.3. The van der Waals surface area contributed by atoms with Crippen LogP contribution in [0.3, 0.4) is 0 Å². The molecule has 1 amide bonds. The van der Waals surface area contributed by atoms with E-state index in [0.717, 1.165) is 38.5 Å². The zero-order valence-electron chi connectivity index (χ0n) is 57.0. The molecule has 0 heterocycles. The summed E-state index contributed by atoms with van der Waals surface area (Å²) in [6, 6.07) is -0.538. The smallest absolute Gasteiger partial charge is 0.305 e. The first-order valence-electron chi connectivity index (χ1n) is 38.8. The SMILES string of the molecule is CCCCCCCCCCCCCCCCCCCCCCC(O)C(CO)NC(=O)CCCCCCCCCCCCCCCCCCCCCCCCCCCCCCCOC(=O)CCCCCCCCCCCCCCCCCCC. The summed E-state index contributed by atoms with van der Waals surface area (Å²) in [6.07, 6.45) is 90.4. The van der Waals surface area contributed by atoms with Crippen LogP contribution in [0.5, 0.6) is 0 Å². The Morgan fingerprint density at radius 2 is 0.494 bits per heavy atom. The number of hydrogen-bond donors (Lipinski definition) is 3. The van der Waals surface area contributed by atoms with Gasteiger partial charge in [-0.3, -0.25) is 9.59 Å². The largest absolute Gasteiger partial charge is 0.466 e. The third kappa shape index (κ3) is 69.8. The molecular formula is C77H153NO5. The van der Waals surface area contributed by atoms with Gasteiger partial charge in [-0.2, -0.15) is 0 Å². The summed E-state index contributed by atoms with van der Waals surface area (Å²) in [4.78, 5) is 24.7. The maximum absolute atomic E-state index is 12.6. The van der Waals surface area contributed by atoms with Gasteiger partial charge in [0.05, 0.1) is 25.4 Å². The molecule has 0 aromatic rings. The highest BCUT2D eigenvalue weighted by Crippen LogP contribution is 2.20. The van der Waals surface area contributed by atoms with E-state index < -0.39 is 12.1 Å². The van der Waals surface area contributed by atoms with Crippen molar-refractivity contribution in [3.63, 3.8) is 0 Å². The van der Waals surface area contributed by atoms with Crippen molar-refractivity contribution in [3.8, 4) is 0 Å². The Kier molecular flexibility index (Phi) is 72.3. The van der Waals surface area contributed by atoms with Gasteiger partial charge in [-0.1, -0.05) is 418 Å². The first-order chi connectivity index (χ1) is 41.0. The van der Waals surface area contributed by atoms with E-state index in [9.17, 15) is 19.8 Å². The van der Waals surface area contributed by atoms with E-state index in [2.05, 4.69) is 19.2 Å². The number of nitrogens with one attached hydrogen (secondary N) is 1. The highest BCUT2D eigenvalue weighted by molar-refractivity contribution is 5.76. The lowest BCUT2D eigenvalue weighted by molar-refractivity contribution is -0.143. The van der Waals surface area contributed by atoms with E-state index in [1.807, 2.05) is 0 Å². The Bertz CT molecular complexity index is 1210. The van der Waals surface area contributed by atoms with Crippen LogP contribution >= 0.6 is 0 Å². The van der Waals surface area contributed by atoms with Crippen molar-refractivity contribution in [2.24, 2.45) is 0 Å². The minimum atomic E-state index is -0.662. The Morgan fingerprint density at radius 3 is 0.735 bits per heavy atom. The van der Waals surface area contributed by atoms with Crippen LogP contribution in [-0.4, -0.2) is 47.4 Å². The fourth-order valence-corrected chi connectivity index (χ4v) is 12.8. The van der Waals surface area contributed by atoms with E-state index in [1.54, 1.807) is 0 Å². The van der Waals surface area contributed by atoms with Gasteiger partial charge in [-0.05, 0) is 25.7 Å². The number of amides is 1. The molecule has 0 aliphatic carbocycles. The van der Waals surface area contributed by atoms with Crippen LogP contribution in [0.4, 0.5) is 0 Å². The van der Waals surface area contributed by atoms with Gasteiger partial charge in [0.1, 0.15) is 0 Å². The summed E-state index contributed by atoms with van der Waals surface area (Å²) >= 11 is 0. The molecule has 0 fully saturated rings. The number of hydrogen-bond acceptors (Lipinski definition) is 5. The number of esters is 1. The molecule has 2 atom stereocenters. The van der Waals surface area contributed by atoms with Crippen molar-refractivity contribution in [2.45, 2.75) is 469 Å². The van der Waals surface area contributed by atoms with Gasteiger partial charge < -0.3 is 20.3 Å². The van der Waals surface area contributed by atoms with Crippen molar-refractivity contribution in [3.05, 3.63) is 0 Å². The molecule has 0 bridgehead atoms. The molecular weight excluding hydrogens is 1020 g/mol. The van der Waals surface area contributed by atoms with E-state index in [1.165, 1.54) is 385 Å². The van der Waals surface area contributed by atoms with Gasteiger partial charge in [-0.15, -0.1) is 0 Å². The number of aliphatic hydroxyl groups excluding tert-OH is 2. The molecule has 0 rings (SSSR count). The summed E-state index contributed by atoms with van der Waals surface area (Å²) in [5.41, 5.74) is 0. The number of rotatable bonds is 74. The monoisotopic (exact) mass is 1170 g/mol. The maximum Gasteiger partial charge on any atom is 0.305 e. The van der Waals surface area contributed by atoms with Gasteiger partial charge in [-0.25, -0.2) is 0 Å². The van der Waals surface area contributed by atoms with Gasteiger partial charge in [0.15, 0.2) is 0 Å². The third-order valence-corrected chi connectivity index (χ3v) is 18.7. The van der Waals surface area contributed by atoms with Crippen LogP contribution in [0.1, 0.15) is 457 Å². The summed E-state index contributed by atoms with van der Waals surface area (Å²) in [5.74, 6) is -0.000615. The first-order valence-corrected chi connectivity index (χ1v) is 38.8. The van der Waals surface area contributed by atoms with Crippen LogP contribution in [0.2, 0.25) is 0 Å². The van der Waals surface area contributed by atoms with Crippen LogP contribution in [0, 0.1) is 0 Å². The van der Waals surface area contributed by atoms with Crippen LogP contribution in [0.15, 0.2) is 0 Å². The summed E-state index contributed by atoms with van der Waals surface area (Å²) < 4.78 is 5.51. The molecule has 3 N–H and O–H groups in total. The molecule has 83 heavy (non-hydrogen) atoms. The van der Waals surface area contributed by atoms with E-state index in [-0.39, 0.29) is 18.5 Å². The van der Waals surface area contributed by atoms with Crippen LogP contribution in [0.25, 0.3) is 0 Å². The molecule has 6 nitrogen and oxygen atoms in total. The van der Waals surface area contributed by atoms with Crippen molar-refractivity contribution < 1.29 is 24.5 Å². The summed E-state index contributed by atoms with van der Waals surface area (Å²) in [7, 11) is 0. The maximum atomic E-state index is 12.6. The normalized spacial score (nSPS) is 12.4. The Labute approximate surface area is 521 Å². The van der Waals surface area contributed by atoms with E-state index in [4.69, 9.17) is 4.74 Å². The predicted molar refractivity (Wildman–Crippen MR) is 366 cm³/mol. The minimum Gasteiger partial charge on any atom is -0.466 e. The average molecular weight is 1170 g/mol. The molecule has 0 aromatic carbocycles. The van der Waals surface area contributed by atoms with Crippen molar-refractivity contribution in [2.75, 3.05) is 13.2 Å². The standard InChI is InChI=1S/C77H153NO5/c1-3-5-7-9-11-13-15-17-19-21-22-34-38-41-45-49-53-57-61-65-69-75(80)74(73-79)78-76(81)70-66-62-58-54-50-46-42-39-35-32-30-28-26-24-23-25-27-29-31-33-36-40-44-48-52-56-60-64-68-72-83-77(82)71-67-63-59-55-51-47-43-37-20-18-16-14-12-10-8-6-4-2/h74-75,79-80H,3-73H2,1-2H3,(H,78,81). The molecule has 0 aliphatic rings. The molecule has 0 aliphatic heterocycles. The molecule has 0 radical (unpaired) electrons. The van der Waals surface area contributed by atoms with Crippen molar-refractivity contribution >= 4 is 11.9 Å². The molecule has 0 spiro atoms. The number of ether oxygens (including phenoxy) is 1. The fraction of sp³-hybridized carbons (Fsp3) is 0.974. The lowest BCUT2D eigenvalue weighted by Gasteiger charge is -2.22. The molecule has 0 aromatic heterocycles. The second-order valence-electron chi connectivity index (χ2n) is 27.1. The van der Waals surface area contributed by atoms with Gasteiger partial charge in [0.2, 0.25) is 5.91 Å². The topological polar surface area (TPSA) is 95.9 Å². The Morgan fingerprint density at radius 1 is 0.289 bits per heavy atom. The Hall–Kier alpha value is -1.14. The quantitative estimate of drug-likeness (QED) is 0.0417. The number of unbranched alkanes of at least 4 members (excludes halogenated alkanes) is 63. The second kappa shape index (κ2) is 73.3. The number of aliphatic hydroxyl groups is 2. The Balaban J connectivity index is 3.32. The average Bonchev–Trinajstić information content (AvgIpc) is 3.49. The fourth-order valence-electron chi connectivity index (χ4n) is 12.8. The molecule has 496 valence electrons. The first kappa shape index (κ1) is 81.9. The molecule has 0 saturated carbocycles. The third-order valence-electron chi connectivity index (χ3n) is 18.7. The van der Waals surface area contributed by atoms with Crippen LogP contribution in [-0.2, 0) is 14.3 Å². The highest BCUT2D eigenvalue weighted by atomic mass is 16.5. The van der Waals surface area contributed by atoms with Gasteiger partial charge in [0.25, 0.3) is 0 Å². The lowest BCUT2D eigenvalue weighted by atomic mass is 10.0. The van der Waals surface area contributed by atoms with Crippen molar-refractivity contribution in [1.29, 1.82) is 0 Å². The van der Waals surface area contributed by atoms with E-state index in [0.29, 0.717) is 25.9 Å². The molecule has 2 unspecified atom stereocenters. The van der Waals surface area contributed by atoms with Crippen LogP contribution < -0.4 is 5.32 Å². The molecule has 6 heteroatoms. The minimum absolute atomic E-state index is 0.0250. The zero-order chi connectivity index (χ0) is 59.9. The zero-order valence-corrected chi connectivity index (χ0v) is 57.0. The summed E-state index contributed by atoms with van der Waals surface area (Å²) in [6.45, 7) is 5.02. The number of carbonyl (C=O) groups is 2. The van der Waals surface area contributed by atoms with E-state index >= 15 is 0 Å². The van der Waals surface area contributed by atoms with Gasteiger partial charge in [0, 0.05) is 12.8 Å². The molecule has 0 saturated heterocycles. The van der Waals surface area contributed by atoms with Crippen molar-refractivity contribution in [1.82, 2.24) is 5.32 Å². The summed E-state index contributed by atoms with van der Waals surface area (Å²) in [5, 5.41) is 23.4.